The predicted molar refractivity (Wildman–Crippen MR) is 53.2 cm³/mol. The van der Waals surface area contributed by atoms with Crippen LogP contribution in [0.15, 0.2) is 12.1 Å². The Morgan fingerprint density at radius 2 is 1.93 bits per heavy atom. The Morgan fingerprint density at radius 3 is 2.29 bits per heavy atom. The molecule has 0 aromatic heterocycles. The molecular formula is C10H9ClO3. The minimum atomic E-state index is -1.05. The van der Waals surface area contributed by atoms with E-state index in [2.05, 4.69) is 0 Å². The maximum absolute atomic E-state index is 11.1. The van der Waals surface area contributed by atoms with Gasteiger partial charge in [0.05, 0.1) is 10.6 Å². The summed E-state index contributed by atoms with van der Waals surface area (Å²) in [5.41, 5.74) is 1.07. The van der Waals surface area contributed by atoms with Crippen LogP contribution >= 0.6 is 11.6 Å². The minimum absolute atomic E-state index is 0.0949. The number of carboxylic acid groups (broad SMARTS) is 1. The Bertz CT molecular complexity index is 387. The zero-order valence-electron chi connectivity index (χ0n) is 7.80. The van der Waals surface area contributed by atoms with Gasteiger partial charge in [-0.3, -0.25) is 4.79 Å². The van der Waals surface area contributed by atoms with E-state index >= 15 is 0 Å². The molecule has 0 aliphatic heterocycles. The molecular weight excluding hydrogens is 204 g/mol. The Morgan fingerprint density at radius 1 is 1.36 bits per heavy atom. The average molecular weight is 213 g/mol. The fourth-order valence-corrected chi connectivity index (χ4v) is 1.71. The number of rotatable bonds is 2. The van der Waals surface area contributed by atoms with Crippen LogP contribution in [0.25, 0.3) is 0 Å². The number of aryl methyl sites for hydroxylation is 1. The van der Waals surface area contributed by atoms with E-state index in [9.17, 15) is 9.59 Å². The van der Waals surface area contributed by atoms with Crippen molar-refractivity contribution < 1.29 is 14.7 Å². The van der Waals surface area contributed by atoms with Crippen LogP contribution in [0.4, 0.5) is 0 Å². The summed E-state index contributed by atoms with van der Waals surface area (Å²) >= 11 is 5.79. The van der Waals surface area contributed by atoms with E-state index in [1.165, 1.54) is 19.1 Å². The summed E-state index contributed by atoms with van der Waals surface area (Å²) in [5.74, 6) is -1.21. The summed E-state index contributed by atoms with van der Waals surface area (Å²) in [6.07, 6.45) is 0. The van der Waals surface area contributed by atoms with E-state index in [1.807, 2.05) is 0 Å². The van der Waals surface area contributed by atoms with Crippen molar-refractivity contribution in [2.24, 2.45) is 0 Å². The van der Waals surface area contributed by atoms with Gasteiger partial charge in [0.15, 0.2) is 5.78 Å². The highest BCUT2D eigenvalue weighted by Gasteiger charge is 2.13. The molecule has 1 N–H and O–H groups in total. The number of ketones is 1. The van der Waals surface area contributed by atoms with Gasteiger partial charge in [0, 0.05) is 5.56 Å². The number of carbonyl (C=O) groups excluding carboxylic acids is 1. The van der Waals surface area contributed by atoms with Crippen LogP contribution in [-0.4, -0.2) is 16.9 Å². The Labute approximate surface area is 86.3 Å². The molecule has 14 heavy (non-hydrogen) atoms. The predicted octanol–water partition coefficient (Wildman–Crippen LogP) is 2.55. The lowest BCUT2D eigenvalue weighted by molar-refractivity contribution is 0.0696. The fraction of sp³-hybridized carbons (Fsp3) is 0.200. The van der Waals surface area contributed by atoms with Crippen LogP contribution in [0.5, 0.6) is 0 Å². The quantitative estimate of drug-likeness (QED) is 0.767. The lowest BCUT2D eigenvalue weighted by atomic mass is 10.0. The highest BCUT2D eigenvalue weighted by molar-refractivity contribution is 6.34. The highest BCUT2D eigenvalue weighted by atomic mass is 35.5. The Kier molecular flexibility index (Phi) is 2.91. The van der Waals surface area contributed by atoms with Gasteiger partial charge in [-0.15, -0.1) is 0 Å². The molecule has 1 rings (SSSR count). The SMILES string of the molecule is CC(=O)c1c(C)cc(C(=O)O)cc1Cl. The van der Waals surface area contributed by atoms with E-state index < -0.39 is 5.97 Å². The van der Waals surface area contributed by atoms with Crippen molar-refractivity contribution >= 4 is 23.4 Å². The molecule has 0 bridgehead atoms. The van der Waals surface area contributed by atoms with E-state index in [4.69, 9.17) is 16.7 Å². The summed E-state index contributed by atoms with van der Waals surface area (Å²) in [4.78, 5) is 21.8. The Hall–Kier alpha value is -1.35. The van der Waals surface area contributed by atoms with Crippen molar-refractivity contribution in [1.29, 1.82) is 0 Å². The molecule has 74 valence electrons. The molecule has 0 radical (unpaired) electrons. The van der Waals surface area contributed by atoms with Crippen LogP contribution in [0.1, 0.15) is 33.2 Å². The van der Waals surface area contributed by atoms with Crippen LogP contribution in [0.3, 0.4) is 0 Å². The van der Waals surface area contributed by atoms with E-state index in [0.29, 0.717) is 11.1 Å². The summed E-state index contributed by atoms with van der Waals surface area (Å²) in [7, 11) is 0. The fourth-order valence-electron chi connectivity index (χ4n) is 1.31. The first-order chi connectivity index (χ1) is 6.43. The molecule has 0 aliphatic rings. The third-order valence-corrected chi connectivity index (χ3v) is 2.18. The molecule has 0 saturated carbocycles. The number of carboxylic acids is 1. The topological polar surface area (TPSA) is 54.4 Å². The van der Waals surface area contributed by atoms with Crippen molar-refractivity contribution in [3.63, 3.8) is 0 Å². The molecule has 0 aliphatic carbocycles. The maximum atomic E-state index is 11.1. The van der Waals surface area contributed by atoms with Gasteiger partial charge in [-0.25, -0.2) is 4.79 Å². The number of Topliss-reactive ketones (excluding diaryl/α,β-unsaturated/α-hetero) is 1. The number of aromatic carboxylic acids is 1. The van der Waals surface area contributed by atoms with Gasteiger partial charge in [0.2, 0.25) is 0 Å². The third kappa shape index (κ3) is 1.93. The molecule has 1 aromatic rings. The van der Waals surface area contributed by atoms with Gasteiger partial charge in [0.1, 0.15) is 0 Å². The van der Waals surface area contributed by atoms with Gasteiger partial charge in [-0.05, 0) is 31.5 Å². The van der Waals surface area contributed by atoms with Crippen molar-refractivity contribution in [2.45, 2.75) is 13.8 Å². The van der Waals surface area contributed by atoms with Crippen molar-refractivity contribution in [3.05, 3.63) is 33.8 Å². The van der Waals surface area contributed by atoms with Crippen LogP contribution in [-0.2, 0) is 0 Å². The lowest BCUT2D eigenvalue weighted by Crippen LogP contribution is -2.02. The average Bonchev–Trinajstić information content (AvgIpc) is 2.01. The number of benzene rings is 1. The molecule has 0 spiro atoms. The van der Waals surface area contributed by atoms with E-state index in [0.717, 1.165) is 0 Å². The standard InChI is InChI=1S/C10H9ClO3/c1-5-3-7(10(13)14)4-8(11)9(5)6(2)12/h3-4H,1-2H3,(H,13,14). The maximum Gasteiger partial charge on any atom is 0.335 e. The molecule has 0 atom stereocenters. The number of carbonyl (C=O) groups is 2. The van der Waals surface area contributed by atoms with E-state index in [-0.39, 0.29) is 16.4 Å². The molecule has 0 unspecified atom stereocenters. The second kappa shape index (κ2) is 3.80. The monoisotopic (exact) mass is 212 g/mol. The van der Waals surface area contributed by atoms with Crippen LogP contribution in [0.2, 0.25) is 5.02 Å². The number of hydrogen-bond acceptors (Lipinski definition) is 2. The summed E-state index contributed by atoms with van der Waals surface area (Å²) in [6.45, 7) is 3.06. The largest absolute Gasteiger partial charge is 0.478 e. The van der Waals surface area contributed by atoms with Gasteiger partial charge < -0.3 is 5.11 Å². The molecule has 1 aromatic carbocycles. The second-order valence-electron chi connectivity index (χ2n) is 3.01. The highest BCUT2D eigenvalue weighted by Crippen LogP contribution is 2.22. The molecule has 0 saturated heterocycles. The first kappa shape index (κ1) is 10.7. The van der Waals surface area contributed by atoms with Crippen LogP contribution < -0.4 is 0 Å². The summed E-state index contributed by atoms with van der Waals surface area (Å²) < 4.78 is 0. The zero-order valence-corrected chi connectivity index (χ0v) is 8.55. The van der Waals surface area contributed by atoms with Gasteiger partial charge in [-0.2, -0.15) is 0 Å². The first-order valence-electron chi connectivity index (χ1n) is 3.98. The van der Waals surface area contributed by atoms with Crippen molar-refractivity contribution in [1.82, 2.24) is 0 Å². The molecule has 0 heterocycles. The van der Waals surface area contributed by atoms with Gasteiger partial charge in [0.25, 0.3) is 0 Å². The van der Waals surface area contributed by atoms with E-state index in [1.54, 1.807) is 6.92 Å². The van der Waals surface area contributed by atoms with Gasteiger partial charge in [-0.1, -0.05) is 11.6 Å². The second-order valence-corrected chi connectivity index (χ2v) is 3.42. The summed E-state index contributed by atoms with van der Waals surface area (Å²) in [5, 5.41) is 8.91. The molecule has 4 heteroatoms. The smallest absolute Gasteiger partial charge is 0.335 e. The third-order valence-electron chi connectivity index (χ3n) is 1.89. The van der Waals surface area contributed by atoms with Crippen LogP contribution in [0, 0.1) is 6.92 Å². The normalized spacial score (nSPS) is 9.93. The number of halogens is 1. The van der Waals surface area contributed by atoms with Crippen molar-refractivity contribution in [3.8, 4) is 0 Å². The van der Waals surface area contributed by atoms with Crippen molar-refractivity contribution in [2.75, 3.05) is 0 Å². The molecule has 0 fully saturated rings. The zero-order chi connectivity index (χ0) is 10.9. The number of hydrogen-bond donors (Lipinski definition) is 1. The molecule has 0 amide bonds. The molecule has 3 nitrogen and oxygen atoms in total. The minimum Gasteiger partial charge on any atom is -0.478 e. The summed E-state index contributed by atoms with van der Waals surface area (Å²) in [6, 6.07) is 2.72. The lowest BCUT2D eigenvalue weighted by Gasteiger charge is -2.05. The first-order valence-corrected chi connectivity index (χ1v) is 4.35. The van der Waals surface area contributed by atoms with Gasteiger partial charge >= 0.3 is 5.97 Å². The Balaban J connectivity index is 3.39.